The molecule has 304 valence electrons. The minimum atomic E-state index is -3.61. The van der Waals surface area contributed by atoms with Crippen LogP contribution in [0.15, 0.2) is 91.0 Å². The molecule has 0 aromatic heterocycles. The molecule has 58 heavy (non-hydrogen) atoms. The van der Waals surface area contributed by atoms with Crippen molar-refractivity contribution in [3.63, 3.8) is 0 Å². The number of halogens is 1. The fourth-order valence-electron chi connectivity index (χ4n) is 8.95. The number of aliphatic hydroxyl groups is 1. The van der Waals surface area contributed by atoms with E-state index in [0.717, 1.165) is 6.42 Å². The van der Waals surface area contributed by atoms with Crippen LogP contribution in [0.2, 0.25) is 18.6 Å². The molecule has 3 heterocycles. The monoisotopic (exact) mass is 808 g/mol. The van der Waals surface area contributed by atoms with Gasteiger partial charge in [0, 0.05) is 46.1 Å². The molecule has 0 unspecified atom stereocenters. The van der Waals surface area contributed by atoms with Crippen LogP contribution in [-0.2, 0) is 26.5 Å². The van der Waals surface area contributed by atoms with Crippen molar-refractivity contribution in [3.05, 3.63) is 113 Å². The van der Waals surface area contributed by atoms with Crippen LogP contribution in [0.4, 0.5) is 21.2 Å². The third-order valence-electron chi connectivity index (χ3n) is 11.7. The molecule has 1 spiro atoms. The summed E-state index contributed by atoms with van der Waals surface area (Å²) >= 11 is 0. The molecule has 3 aliphatic heterocycles. The average molecular weight is 809 g/mol. The summed E-state index contributed by atoms with van der Waals surface area (Å²) in [7, 11) is -0.520. The maximum absolute atomic E-state index is 16.6. The molecule has 4 amide bonds. The standard InChI is InChI=1S/C44H49FN4O8Si/c1-27-40(58(4,5)45)38(24-39(51)48-21-7-10-33(48)26-50)57-44(27)36-23-32(47-42(53)30-13-18-35(56-3)19-14-30)15-20-37(36)49(43(44)54)25-28-8-6-9-31(22-28)46-41(52)29-11-16-34(55-2)17-12-29/h6,8-9,11-20,22-23,27,33,38,40,50H,7,10,21,24-26H2,1-5H3,(H,46,52)(H,47,53)/t27-,33-,38+,40-,44+/m0/s1. The van der Waals surface area contributed by atoms with Crippen LogP contribution in [0.1, 0.15) is 58.0 Å². The quantitative estimate of drug-likeness (QED) is 0.104. The first-order valence-corrected chi connectivity index (χ1v) is 22.5. The van der Waals surface area contributed by atoms with Crippen LogP contribution in [-0.4, -0.2) is 81.6 Å². The van der Waals surface area contributed by atoms with Gasteiger partial charge in [0.2, 0.25) is 14.3 Å². The number of carbonyl (C=O) groups excluding carboxylic acids is 4. The molecule has 0 aliphatic carbocycles. The summed E-state index contributed by atoms with van der Waals surface area (Å²) in [5, 5.41) is 15.8. The van der Waals surface area contributed by atoms with Gasteiger partial charge in [-0.25, -0.2) is 0 Å². The molecule has 0 saturated carbocycles. The zero-order valence-corrected chi connectivity index (χ0v) is 34.3. The van der Waals surface area contributed by atoms with Gasteiger partial charge in [-0.3, -0.25) is 19.2 Å². The SMILES string of the molecule is COc1ccc(C(=O)Nc2cccc(CN3C(=O)[C@]4(O[C@H](CC(=O)N5CCC[C@H]5CO)[C@@H]([Si](C)(C)F)[C@@H]4C)c4cc(NC(=O)c5ccc(OC)cc5)ccc43)c2)cc1. The lowest BCUT2D eigenvalue weighted by molar-refractivity contribution is -0.150. The highest BCUT2D eigenvalue weighted by Crippen LogP contribution is 2.60. The lowest BCUT2D eigenvalue weighted by Gasteiger charge is -2.31. The number of methoxy groups -OCH3 is 2. The van der Waals surface area contributed by atoms with Crippen molar-refractivity contribution < 1.29 is 42.6 Å². The minimum absolute atomic E-state index is 0.0874. The Morgan fingerprint density at radius 1 is 0.897 bits per heavy atom. The second-order valence-electron chi connectivity index (χ2n) is 15.7. The molecule has 12 nitrogen and oxygen atoms in total. The maximum atomic E-state index is 16.6. The van der Waals surface area contributed by atoms with Crippen molar-refractivity contribution in [3.8, 4) is 11.5 Å². The van der Waals surface area contributed by atoms with E-state index in [9.17, 15) is 19.5 Å². The molecule has 2 fully saturated rings. The van der Waals surface area contributed by atoms with Gasteiger partial charge < -0.3 is 43.9 Å². The van der Waals surface area contributed by atoms with E-state index in [1.54, 1.807) is 122 Å². The van der Waals surface area contributed by atoms with Crippen molar-refractivity contribution in [1.29, 1.82) is 0 Å². The lowest BCUT2D eigenvalue weighted by Crippen LogP contribution is -2.45. The van der Waals surface area contributed by atoms with Crippen molar-refractivity contribution in [1.82, 2.24) is 4.90 Å². The Labute approximate surface area is 338 Å². The van der Waals surface area contributed by atoms with Crippen molar-refractivity contribution in [2.75, 3.05) is 42.9 Å². The normalized spacial score (nSPS) is 22.6. The van der Waals surface area contributed by atoms with Gasteiger partial charge in [-0.05, 0) is 110 Å². The molecule has 14 heteroatoms. The highest BCUT2D eigenvalue weighted by Gasteiger charge is 2.67. The minimum Gasteiger partial charge on any atom is -0.497 e. The number of amides is 4. The highest BCUT2D eigenvalue weighted by atomic mass is 28.4. The van der Waals surface area contributed by atoms with Gasteiger partial charge >= 0.3 is 0 Å². The van der Waals surface area contributed by atoms with Crippen molar-refractivity contribution in [2.24, 2.45) is 5.92 Å². The molecule has 4 aromatic carbocycles. The van der Waals surface area contributed by atoms with Crippen LogP contribution in [0.25, 0.3) is 0 Å². The van der Waals surface area contributed by atoms with Crippen LogP contribution >= 0.6 is 0 Å². The van der Waals surface area contributed by atoms with Crippen LogP contribution in [0.3, 0.4) is 0 Å². The number of fused-ring (bicyclic) bond motifs is 2. The zero-order chi connectivity index (χ0) is 41.4. The van der Waals surface area contributed by atoms with Gasteiger partial charge in [-0.15, -0.1) is 0 Å². The molecule has 7 rings (SSSR count). The topological polar surface area (TPSA) is 147 Å². The number of likely N-dealkylation sites (tertiary alicyclic amines) is 1. The lowest BCUT2D eigenvalue weighted by atomic mass is 9.82. The molecule has 4 aromatic rings. The smallest absolute Gasteiger partial charge is 0.264 e. The number of hydrogen-bond donors (Lipinski definition) is 3. The molecule has 3 N–H and O–H groups in total. The van der Waals surface area contributed by atoms with E-state index in [1.165, 1.54) is 0 Å². The predicted molar refractivity (Wildman–Crippen MR) is 220 cm³/mol. The van der Waals surface area contributed by atoms with Crippen LogP contribution in [0, 0.1) is 5.92 Å². The first kappa shape index (κ1) is 40.6. The number of nitrogens with zero attached hydrogens (tertiary/aromatic N) is 2. The van der Waals surface area contributed by atoms with E-state index in [-0.39, 0.29) is 43.3 Å². The first-order chi connectivity index (χ1) is 27.8. The van der Waals surface area contributed by atoms with E-state index in [2.05, 4.69) is 10.6 Å². The Bertz CT molecular complexity index is 2200. The van der Waals surface area contributed by atoms with Gasteiger partial charge in [0.15, 0.2) is 5.60 Å². The average Bonchev–Trinajstić information content (AvgIpc) is 3.88. The van der Waals surface area contributed by atoms with E-state index >= 15 is 8.90 Å². The second-order valence-corrected chi connectivity index (χ2v) is 19.5. The maximum Gasteiger partial charge on any atom is 0.264 e. The molecule has 2 saturated heterocycles. The number of aliphatic hydroxyl groups excluding tert-OH is 1. The van der Waals surface area contributed by atoms with Gasteiger partial charge in [-0.1, -0.05) is 19.1 Å². The number of carbonyl (C=O) groups is 4. The van der Waals surface area contributed by atoms with Gasteiger partial charge in [-0.2, -0.15) is 0 Å². The number of anilines is 3. The van der Waals surface area contributed by atoms with Gasteiger partial charge in [0.05, 0.1) is 51.6 Å². The number of hydrogen-bond acceptors (Lipinski definition) is 8. The molecule has 3 aliphatic rings. The Kier molecular flexibility index (Phi) is 11.5. The number of benzene rings is 4. The number of nitrogens with one attached hydrogen (secondary N) is 2. The number of ether oxygens (including phenoxy) is 3. The summed E-state index contributed by atoms with van der Waals surface area (Å²) in [5.74, 6) is -0.812. The highest BCUT2D eigenvalue weighted by molar-refractivity contribution is 6.72. The Hall–Kier alpha value is -5.57. The van der Waals surface area contributed by atoms with Crippen LogP contribution in [0.5, 0.6) is 11.5 Å². The summed E-state index contributed by atoms with van der Waals surface area (Å²) in [5.41, 5.74) is 1.05. The summed E-state index contributed by atoms with van der Waals surface area (Å²) < 4.78 is 33.9. The Morgan fingerprint density at radius 3 is 2.07 bits per heavy atom. The predicted octanol–water partition coefficient (Wildman–Crippen LogP) is 6.90. The zero-order valence-electron chi connectivity index (χ0n) is 33.3. The van der Waals surface area contributed by atoms with E-state index in [4.69, 9.17) is 14.2 Å². The largest absolute Gasteiger partial charge is 0.497 e. The fourth-order valence-corrected chi connectivity index (χ4v) is 11.4. The van der Waals surface area contributed by atoms with E-state index in [1.807, 2.05) is 13.0 Å². The molecule has 0 bridgehead atoms. The van der Waals surface area contributed by atoms with Gasteiger partial charge in [0.1, 0.15) is 11.5 Å². The van der Waals surface area contributed by atoms with Crippen LogP contribution < -0.4 is 25.0 Å². The van der Waals surface area contributed by atoms with E-state index < -0.39 is 37.5 Å². The Morgan fingerprint density at radius 2 is 1.50 bits per heavy atom. The fraction of sp³-hybridized carbons (Fsp3) is 0.364. The first-order valence-electron chi connectivity index (χ1n) is 19.5. The third kappa shape index (κ3) is 7.71. The molecule has 5 atom stereocenters. The summed E-state index contributed by atoms with van der Waals surface area (Å²) in [6.07, 6.45) is 0.382. The van der Waals surface area contributed by atoms with Crippen molar-refractivity contribution >= 4 is 49.1 Å². The third-order valence-corrected chi connectivity index (χ3v) is 14.2. The molecular formula is C44H49FN4O8Si. The second kappa shape index (κ2) is 16.4. The summed E-state index contributed by atoms with van der Waals surface area (Å²) in [4.78, 5) is 58.8. The molecule has 0 radical (unpaired) electrons. The number of rotatable bonds is 12. The Balaban J connectivity index is 1.23. The molecular weight excluding hydrogens is 760 g/mol. The van der Waals surface area contributed by atoms with E-state index in [0.29, 0.717) is 63.8 Å². The summed E-state index contributed by atoms with van der Waals surface area (Å²) in [6.45, 7) is 5.39. The summed E-state index contributed by atoms with van der Waals surface area (Å²) in [6, 6.07) is 25.4. The van der Waals surface area contributed by atoms with Crippen molar-refractivity contribution in [2.45, 2.75) is 69.1 Å². The van der Waals surface area contributed by atoms with Gasteiger partial charge in [0.25, 0.3) is 17.7 Å².